The number of amides is 1. The van der Waals surface area contributed by atoms with Crippen molar-refractivity contribution in [3.63, 3.8) is 0 Å². The van der Waals surface area contributed by atoms with Crippen molar-refractivity contribution in [2.75, 3.05) is 11.9 Å². The largest absolute Gasteiger partial charge is 0.345 e. The van der Waals surface area contributed by atoms with Crippen molar-refractivity contribution in [2.45, 2.75) is 25.3 Å². The lowest BCUT2D eigenvalue weighted by Gasteiger charge is -2.22. The van der Waals surface area contributed by atoms with E-state index in [1.165, 1.54) is 0 Å². The summed E-state index contributed by atoms with van der Waals surface area (Å²) in [5.74, 6) is 0.0546. The van der Waals surface area contributed by atoms with Crippen LogP contribution >= 0.6 is 0 Å². The Morgan fingerprint density at radius 2 is 2.10 bits per heavy atom. The molecule has 1 aliphatic rings. The standard InChI is InChI=1S/C15H18N4O/c20-15(13-3-1-2-8-17-13)19-12-6-4-11(5-7-12)14-9-16-10-18-14/h4-7,9-10,13,17H,1-3,8H2,(H,16,18)(H,19,20)/t13-/m1/s1. The van der Waals surface area contributed by atoms with E-state index in [0.717, 1.165) is 42.8 Å². The molecule has 3 rings (SSSR count). The molecule has 0 saturated carbocycles. The van der Waals surface area contributed by atoms with Crippen molar-refractivity contribution in [1.82, 2.24) is 15.3 Å². The summed E-state index contributed by atoms with van der Waals surface area (Å²) in [7, 11) is 0. The Balaban J connectivity index is 1.64. The smallest absolute Gasteiger partial charge is 0.241 e. The molecule has 104 valence electrons. The summed E-state index contributed by atoms with van der Waals surface area (Å²) in [4.78, 5) is 19.1. The lowest BCUT2D eigenvalue weighted by Crippen LogP contribution is -2.43. The van der Waals surface area contributed by atoms with Crippen LogP contribution in [0.4, 0.5) is 5.69 Å². The fourth-order valence-corrected chi connectivity index (χ4v) is 2.45. The normalized spacial score (nSPS) is 18.7. The van der Waals surface area contributed by atoms with E-state index in [4.69, 9.17) is 0 Å². The highest BCUT2D eigenvalue weighted by molar-refractivity contribution is 5.95. The van der Waals surface area contributed by atoms with Crippen LogP contribution in [0.1, 0.15) is 19.3 Å². The number of benzene rings is 1. The molecule has 0 unspecified atom stereocenters. The van der Waals surface area contributed by atoms with Crippen LogP contribution in [0, 0.1) is 0 Å². The van der Waals surface area contributed by atoms with Crippen LogP contribution in [0.2, 0.25) is 0 Å². The quantitative estimate of drug-likeness (QED) is 0.800. The molecule has 1 aromatic heterocycles. The van der Waals surface area contributed by atoms with Crippen LogP contribution < -0.4 is 10.6 Å². The van der Waals surface area contributed by atoms with E-state index in [2.05, 4.69) is 20.6 Å². The Labute approximate surface area is 117 Å². The molecule has 0 bridgehead atoms. The Kier molecular flexibility index (Phi) is 3.78. The SMILES string of the molecule is O=C(Nc1ccc(-c2cnc[nH]2)cc1)[C@H]1CCCCN1. The number of nitrogens with zero attached hydrogens (tertiary/aromatic N) is 1. The molecule has 3 N–H and O–H groups in total. The topological polar surface area (TPSA) is 69.8 Å². The molecule has 1 saturated heterocycles. The maximum absolute atomic E-state index is 12.1. The zero-order valence-electron chi connectivity index (χ0n) is 11.2. The molecule has 2 aromatic rings. The van der Waals surface area contributed by atoms with Crippen LogP contribution in [0.25, 0.3) is 11.3 Å². The number of aromatic amines is 1. The third-order valence-electron chi connectivity index (χ3n) is 3.59. The van der Waals surface area contributed by atoms with Gasteiger partial charge in [-0.3, -0.25) is 4.79 Å². The van der Waals surface area contributed by atoms with E-state index in [-0.39, 0.29) is 11.9 Å². The van der Waals surface area contributed by atoms with E-state index < -0.39 is 0 Å². The fourth-order valence-electron chi connectivity index (χ4n) is 2.45. The summed E-state index contributed by atoms with van der Waals surface area (Å²) in [5, 5.41) is 6.20. The van der Waals surface area contributed by atoms with Gasteiger partial charge in [-0.15, -0.1) is 0 Å². The van der Waals surface area contributed by atoms with Crippen molar-refractivity contribution < 1.29 is 4.79 Å². The Bertz CT molecular complexity index is 556. The first kappa shape index (κ1) is 12.9. The summed E-state index contributed by atoms with van der Waals surface area (Å²) in [5.41, 5.74) is 2.85. The Morgan fingerprint density at radius 3 is 2.75 bits per heavy atom. The number of nitrogens with one attached hydrogen (secondary N) is 3. The lowest BCUT2D eigenvalue weighted by molar-refractivity contribution is -0.118. The number of imidazole rings is 1. The molecule has 1 aliphatic heterocycles. The average molecular weight is 270 g/mol. The van der Waals surface area contributed by atoms with Crippen molar-refractivity contribution in [1.29, 1.82) is 0 Å². The minimum absolute atomic E-state index is 0.0546. The second kappa shape index (κ2) is 5.88. The number of hydrogen-bond donors (Lipinski definition) is 3. The Morgan fingerprint density at radius 1 is 1.25 bits per heavy atom. The number of piperidine rings is 1. The van der Waals surface area contributed by atoms with Crippen LogP contribution in [0.3, 0.4) is 0 Å². The zero-order chi connectivity index (χ0) is 13.8. The Hall–Kier alpha value is -2.14. The van der Waals surface area contributed by atoms with Gasteiger partial charge in [0, 0.05) is 5.69 Å². The monoisotopic (exact) mass is 270 g/mol. The average Bonchev–Trinajstić information content (AvgIpc) is 3.03. The molecule has 1 amide bonds. The molecule has 1 aromatic carbocycles. The van der Waals surface area contributed by atoms with E-state index in [9.17, 15) is 4.79 Å². The molecule has 0 spiro atoms. The molecule has 1 fully saturated rings. The van der Waals surface area contributed by atoms with E-state index >= 15 is 0 Å². The molecule has 0 radical (unpaired) electrons. The maximum atomic E-state index is 12.1. The first-order valence-electron chi connectivity index (χ1n) is 6.96. The van der Waals surface area contributed by atoms with Gasteiger partial charge in [-0.05, 0) is 37.1 Å². The number of carbonyl (C=O) groups is 1. The fraction of sp³-hybridized carbons (Fsp3) is 0.333. The highest BCUT2D eigenvalue weighted by atomic mass is 16.2. The van der Waals surface area contributed by atoms with Gasteiger partial charge in [-0.25, -0.2) is 4.98 Å². The molecular formula is C15H18N4O. The van der Waals surface area contributed by atoms with Gasteiger partial charge in [0.1, 0.15) is 0 Å². The van der Waals surface area contributed by atoms with Crippen LogP contribution in [0.15, 0.2) is 36.8 Å². The third-order valence-corrected chi connectivity index (χ3v) is 3.59. The molecule has 5 nitrogen and oxygen atoms in total. The van der Waals surface area contributed by atoms with E-state index in [0.29, 0.717) is 0 Å². The van der Waals surface area contributed by atoms with Gasteiger partial charge in [0.05, 0.1) is 24.3 Å². The van der Waals surface area contributed by atoms with Crippen LogP contribution in [-0.2, 0) is 4.79 Å². The first-order valence-corrected chi connectivity index (χ1v) is 6.96. The molecule has 20 heavy (non-hydrogen) atoms. The van der Waals surface area contributed by atoms with E-state index in [1.807, 2.05) is 24.3 Å². The van der Waals surface area contributed by atoms with Gasteiger partial charge in [-0.2, -0.15) is 0 Å². The predicted octanol–water partition coefficient (Wildman–Crippen LogP) is 2.16. The highest BCUT2D eigenvalue weighted by Gasteiger charge is 2.20. The summed E-state index contributed by atoms with van der Waals surface area (Å²) in [6, 6.07) is 7.71. The summed E-state index contributed by atoms with van der Waals surface area (Å²) in [6.07, 6.45) is 6.61. The van der Waals surface area contributed by atoms with Crippen LogP contribution in [0.5, 0.6) is 0 Å². The first-order chi connectivity index (χ1) is 9.83. The molecular weight excluding hydrogens is 252 g/mol. The summed E-state index contributed by atoms with van der Waals surface area (Å²) in [6.45, 7) is 0.927. The van der Waals surface area contributed by atoms with Gasteiger partial charge < -0.3 is 15.6 Å². The molecule has 5 heteroatoms. The minimum atomic E-state index is -0.0592. The number of H-pyrrole nitrogens is 1. The molecule has 2 heterocycles. The van der Waals surface area contributed by atoms with Crippen molar-refractivity contribution in [3.05, 3.63) is 36.8 Å². The number of rotatable bonds is 3. The predicted molar refractivity (Wildman–Crippen MR) is 78.3 cm³/mol. The number of anilines is 1. The number of hydrogen-bond acceptors (Lipinski definition) is 3. The minimum Gasteiger partial charge on any atom is -0.345 e. The van der Waals surface area contributed by atoms with Gasteiger partial charge in [0.2, 0.25) is 5.91 Å². The van der Waals surface area contributed by atoms with Crippen molar-refractivity contribution in [2.24, 2.45) is 0 Å². The van der Waals surface area contributed by atoms with E-state index in [1.54, 1.807) is 12.5 Å². The summed E-state index contributed by atoms with van der Waals surface area (Å²) >= 11 is 0. The van der Waals surface area contributed by atoms with Gasteiger partial charge in [0.25, 0.3) is 0 Å². The maximum Gasteiger partial charge on any atom is 0.241 e. The number of carbonyl (C=O) groups excluding carboxylic acids is 1. The van der Waals surface area contributed by atoms with Crippen LogP contribution in [-0.4, -0.2) is 28.5 Å². The van der Waals surface area contributed by atoms with Gasteiger partial charge in [-0.1, -0.05) is 18.6 Å². The second-order valence-corrected chi connectivity index (χ2v) is 5.03. The van der Waals surface area contributed by atoms with Gasteiger partial charge in [0.15, 0.2) is 0 Å². The summed E-state index contributed by atoms with van der Waals surface area (Å²) < 4.78 is 0. The van der Waals surface area contributed by atoms with Gasteiger partial charge >= 0.3 is 0 Å². The second-order valence-electron chi connectivity index (χ2n) is 5.03. The van der Waals surface area contributed by atoms with Crippen molar-refractivity contribution >= 4 is 11.6 Å². The highest BCUT2D eigenvalue weighted by Crippen LogP contribution is 2.19. The molecule has 1 atom stereocenters. The zero-order valence-corrected chi connectivity index (χ0v) is 11.2. The molecule has 0 aliphatic carbocycles. The van der Waals surface area contributed by atoms with Crippen molar-refractivity contribution in [3.8, 4) is 11.3 Å². The third kappa shape index (κ3) is 2.88. The number of aromatic nitrogens is 2. The lowest BCUT2D eigenvalue weighted by atomic mass is 10.0.